The number of benzene rings is 2. The molecule has 0 aliphatic heterocycles. The molecule has 4 rings (SSSR count). The zero-order valence-electron chi connectivity index (χ0n) is 16.5. The number of aromatic nitrogens is 1. The number of aliphatic hydroxyl groups excluding tert-OH is 1. The molecule has 29 heavy (non-hydrogen) atoms. The summed E-state index contributed by atoms with van der Waals surface area (Å²) in [6.45, 7) is 0.755. The number of ketones is 1. The van der Waals surface area contributed by atoms with E-state index in [-0.39, 0.29) is 5.78 Å². The molecule has 1 aliphatic rings. The predicted molar refractivity (Wildman–Crippen MR) is 108 cm³/mol. The highest BCUT2D eigenvalue weighted by molar-refractivity contribution is 6.03. The summed E-state index contributed by atoms with van der Waals surface area (Å²) in [5, 5.41) is 10.9. The van der Waals surface area contributed by atoms with E-state index >= 15 is 0 Å². The first-order chi connectivity index (χ1) is 14.1. The van der Waals surface area contributed by atoms with Gasteiger partial charge in [0.25, 0.3) is 0 Å². The number of rotatable bonds is 6. The maximum Gasteiger partial charge on any atom is 0.173 e. The van der Waals surface area contributed by atoms with Gasteiger partial charge in [-0.2, -0.15) is 0 Å². The molecule has 1 heterocycles. The van der Waals surface area contributed by atoms with Crippen LogP contribution in [-0.2, 0) is 13.0 Å². The fraction of sp³-hybridized carbons (Fsp3) is 0.250. The number of nitrogens with zero attached hydrogens (tertiary/aromatic N) is 1. The van der Waals surface area contributed by atoms with Crippen molar-refractivity contribution in [2.24, 2.45) is 5.92 Å². The number of carbonyl (C=O) groups is 1. The van der Waals surface area contributed by atoms with Gasteiger partial charge in [0.1, 0.15) is 0 Å². The maximum atomic E-state index is 12.9. The summed E-state index contributed by atoms with van der Waals surface area (Å²) in [5.41, 5.74) is 3.42. The largest absolute Gasteiger partial charge is 0.493 e. The summed E-state index contributed by atoms with van der Waals surface area (Å²) in [5.74, 6) is 0.550. The van der Waals surface area contributed by atoms with Crippen molar-refractivity contribution in [2.75, 3.05) is 14.2 Å². The lowest BCUT2D eigenvalue weighted by molar-refractivity contribution is -0.688. The number of pyridine rings is 1. The van der Waals surface area contributed by atoms with E-state index in [0.717, 1.165) is 17.7 Å². The first-order valence-electron chi connectivity index (χ1n) is 9.61. The van der Waals surface area contributed by atoms with Crippen molar-refractivity contribution in [3.63, 3.8) is 0 Å². The Balaban J connectivity index is 1.52. The number of hydrogen-bond acceptors (Lipinski definition) is 4. The molecule has 2 aromatic carbocycles. The Kier molecular flexibility index (Phi) is 5.32. The highest BCUT2D eigenvalue weighted by Crippen LogP contribution is 2.40. The van der Waals surface area contributed by atoms with Crippen LogP contribution in [-0.4, -0.2) is 25.1 Å². The molecule has 3 aromatic rings. The quantitative estimate of drug-likeness (QED) is 0.657. The molecular formula is C24H24NO4+. The summed E-state index contributed by atoms with van der Waals surface area (Å²) >= 11 is 0. The van der Waals surface area contributed by atoms with Gasteiger partial charge in [-0.05, 0) is 29.7 Å². The topological polar surface area (TPSA) is 59.6 Å². The van der Waals surface area contributed by atoms with E-state index < -0.39 is 12.0 Å². The number of methoxy groups -OCH3 is 2. The standard InChI is InChI=1S/C24H24NO4/c1-28-21-13-18-12-20(24(27)19(18)14-22(21)29-2)23(26)17-8-10-25(11-9-17)15-16-6-4-3-5-7-16/h3-11,13-14,20,23,26H,12,15H2,1-2H3/q+1. The fourth-order valence-corrected chi connectivity index (χ4v) is 3.90. The number of hydrogen-bond donors (Lipinski definition) is 1. The van der Waals surface area contributed by atoms with E-state index in [1.165, 1.54) is 5.56 Å². The molecule has 0 radical (unpaired) electrons. The Morgan fingerprint density at radius 2 is 1.69 bits per heavy atom. The molecule has 0 bridgehead atoms. The summed E-state index contributed by atoms with van der Waals surface area (Å²) in [6, 6.07) is 17.5. The van der Waals surface area contributed by atoms with Gasteiger partial charge >= 0.3 is 0 Å². The van der Waals surface area contributed by atoms with Crippen LogP contribution < -0.4 is 14.0 Å². The molecular weight excluding hydrogens is 366 g/mol. The second-order valence-electron chi connectivity index (χ2n) is 7.27. The van der Waals surface area contributed by atoms with E-state index in [4.69, 9.17) is 9.47 Å². The Morgan fingerprint density at radius 1 is 1.03 bits per heavy atom. The van der Waals surface area contributed by atoms with Crippen LogP contribution in [0.1, 0.15) is 33.2 Å². The number of carbonyl (C=O) groups excluding carboxylic acids is 1. The molecule has 1 N–H and O–H groups in total. The Hall–Kier alpha value is -3.18. The van der Waals surface area contributed by atoms with Crippen LogP contribution in [0.25, 0.3) is 0 Å². The van der Waals surface area contributed by atoms with Crippen LogP contribution >= 0.6 is 0 Å². The first-order valence-corrected chi connectivity index (χ1v) is 9.61. The van der Waals surface area contributed by atoms with Crippen LogP contribution in [0.3, 0.4) is 0 Å². The lowest BCUT2D eigenvalue weighted by Gasteiger charge is -2.16. The minimum atomic E-state index is -0.863. The molecule has 2 atom stereocenters. The number of Topliss-reactive ketones (excluding diaryl/α,β-unsaturated/α-hetero) is 1. The molecule has 0 spiro atoms. The summed E-state index contributed by atoms with van der Waals surface area (Å²) < 4.78 is 12.7. The van der Waals surface area contributed by atoms with Crippen molar-refractivity contribution in [2.45, 2.75) is 19.1 Å². The van der Waals surface area contributed by atoms with Gasteiger partial charge < -0.3 is 14.6 Å². The van der Waals surface area contributed by atoms with Gasteiger partial charge in [-0.25, -0.2) is 4.57 Å². The lowest BCUT2D eigenvalue weighted by Crippen LogP contribution is -2.33. The van der Waals surface area contributed by atoms with Crippen molar-refractivity contribution in [1.29, 1.82) is 0 Å². The minimum Gasteiger partial charge on any atom is -0.493 e. The van der Waals surface area contributed by atoms with Crippen LogP contribution in [0, 0.1) is 5.92 Å². The maximum absolute atomic E-state index is 12.9. The monoisotopic (exact) mass is 390 g/mol. The van der Waals surface area contributed by atoms with Gasteiger partial charge in [-0.3, -0.25) is 4.79 Å². The van der Waals surface area contributed by atoms with Crippen molar-refractivity contribution >= 4 is 5.78 Å². The highest BCUT2D eigenvalue weighted by Gasteiger charge is 2.37. The van der Waals surface area contributed by atoms with Gasteiger partial charge in [-0.1, -0.05) is 30.3 Å². The third kappa shape index (κ3) is 3.74. The molecule has 0 saturated carbocycles. The fourth-order valence-electron chi connectivity index (χ4n) is 3.90. The molecule has 0 fully saturated rings. The number of fused-ring (bicyclic) bond motifs is 1. The first kappa shape index (κ1) is 19.2. The average Bonchev–Trinajstić information content (AvgIpc) is 3.09. The molecule has 2 unspecified atom stereocenters. The van der Waals surface area contributed by atoms with Crippen LogP contribution in [0.2, 0.25) is 0 Å². The van der Waals surface area contributed by atoms with Gasteiger partial charge in [0.05, 0.1) is 26.2 Å². The van der Waals surface area contributed by atoms with E-state index in [0.29, 0.717) is 23.5 Å². The molecule has 0 amide bonds. The van der Waals surface area contributed by atoms with Crippen LogP contribution in [0.4, 0.5) is 0 Å². The zero-order chi connectivity index (χ0) is 20.4. The SMILES string of the molecule is COc1cc2c(cc1OC)C(=O)C(C(O)c1cc[n+](Cc3ccccc3)cc1)C2. The van der Waals surface area contributed by atoms with Crippen molar-refractivity contribution < 1.29 is 23.9 Å². The van der Waals surface area contributed by atoms with Gasteiger partial charge in [0, 0.05) is 23.3 Å². The Bertz CT molecular complexity index is 1020. The third-order valence-corrected chi connectivity index (χ3v) is 5.50. The number of ether oxygens (including phenoxy) is 2. The van der Waals surface area contributed by atoms with Crippen molar-refractivity contribution in [1.82, 2.24) is 0 Å². The molecule has 5 nitrogen and oxygen atoms in total. The number of aliphatic hydroxyl groups is 1. The minimum absolute atomic E-state index is 0.0607. The van der Waals surface area contributed by atoms with E-state index in [9.17, 15) is 9.90 Å². The molecule has 1 aromatic heterocycles. The average molecular weight is 390 g/mol. The van der Waals surface area contributed by atoms with Gasteiger partial charge in [0.2, 0.25) is 0 Å². The van der Waals surface area contributed by atoms with Crippen molar-refractivity contribution in [3.05, 3.63) is 89.2 Å². The van der Waals surface area contributed by atoms with Gasteiger partial charge in [0.15, 0.2) is 36.2 Å². The third-order valence-electron chi connectivity index (χ3n) is 5.50. The van der Waals surface area contributed by atoms with Crippen LogP contribution in [0.5, 0.6) is 11.5 Å². The second kappa shape index (κ2) is 8.05. The Morgan fingerprint density at radius 3 is 2.34 bits per heavy atom. The molecule has 1 aliphatic carbocycles. The Labute approximate surface area is 170 Å². The summed E-state index contributed by atoms with van der Waals surface area (Å²) in [6.07, 6.45) is 3.49. The van der Waals surface area contributed by atoms with Crippen molar-refractivity contribution in [3.8, 4) is 11.5 Å². The smallest absolute Gasteiger partial charge is 0.173 e. The van der Waals surface area contributed by atoms with Crippen LogP contribution in [0.15, 0.2) is 67.0 Å². The zero-order valence-corrected chi connectivity index (χ0v) is 16.5. The van der Waals surface area contributed by atoms with E-state index in [1.54, 1.807) is 20.3 Å². The van der Waals surface area contributed by atoms with Gasteiger partial charge in [-0.15, -0.1) is 0 Å². The van der Waals surface area contributed by atoms with E-state index in [1.807, 2.05) is 53.4 Å². The molecule has 148 valence electrons. The highest BCUT2D eigenvalue weighted by atomic mass is 16.5. The van der Waals surface area contributed by atoms with E-state index in [2.05, 4.69) is 12.1 Å². The summed E-state index contributed by atoms with van der Waals surface area (Å²) in [4.78, 5) is 12.9. The normalized spacial score (nSPS) is 16.4. The summed E-state index contributed by atoms with van der Waals surface area (Å²) in [7, 11) is 3.12. The lowest BCUT2D eigenvalue weighted by atomic mass is 9.93. The second-order valence-corrected chi connectivity index (χ2v) is 7.27. The molecule has 0 saturated heterocycles. The molecule has 5 heteroatoms. The predicted octanol–water partition coefficient (Wildman–Crippen LogP) is 3.13.